The Kier molecular flexibility index (Phi) is 19.5. The summed E-state index contributed by atoms with van der Waals surface area (Å²) >= 11 is 0. The summed E-state index contributed by atoms with van der Waals surface area (Å²) in [5, 5.41) is 31.7. The molecule has 0 aromatic rings. The van der Waals surface area contributed by atoms with Crippen LogP contribution in [0.25, 0.3) is 0 Å². The molecule has 0 radical (unpaired) electrons. The monoisotopic (exact) mass is 196 g/mol. The molecule has 0 spiro atoms. The van der Waals surface area contributed by atoms with Crippen LogP contribution in [0, 0.1) is 0 Å². The van der Waals surface area contributed by atoms with Crippen molar-refractivity contribution in [2.75, 3.05) is 6.61 Å². The van der Waals surface area contributed by atoms with E-state index in [9.17, 15) is 0 Å². The maximum Gasteiger partial charge on any atom is 0.300 e. The molecule has 4 N–H and O–H groups in total. The van der Waals surface area contributed by atoms with Crippen LogP contribution >= 0.6 is 0 Å². The first-order chi connectivity index (χ1) is 5.79. The molecule has 0 aliphatic heterocycles. The smallest absolute Gasteiger partial charge is 0.300 e. The van der Waals surface area contributed by atoms with Crippen molar-refractivity contribution in [3.63, 3.8) is 0 Å². The second-order valence-electron chi connectivity index (χ2n) is 2.32. The Labute approximate surface area is 78.6 Å². The molecule has 0 aliphatic rings. The number of carbonyl (C=O) groups is 1. The van der Waals surface area contributed by atoms with Crippen molar-refractivity contribution in [1.29, 1.82) is 0 Å². The van der Waals surface area contributed by atoms with Gasteiger partial charge in [0.05, 0.1) is 12.2 Å². The van der Waals surface area contributed by atoms with Crippen LogP contribution < -0.4 is 0 Å². The number of aliphatic hydroxyl groups is 3. The highest BCUT2D eigenvalue weighted by Gasteiger charge is 1.99. The maximum atomic E-state index is 9.00. The lowest BCUT2D eigenvalue weighted by Gasteiger charge is -2.03. The molecule has 0 aromatic heterocycles. The van der Waals surface area contributed by atoms with Gasteiger partial charge in [-0.15, -0.1) is 0 Å². The van der Waals surface area contributed by atoms with Crippen LogP contribution in [-0.2, 0) is 4.79 Å². The molecular weight excluding hydrogens is 176 g/mol. The summed E-state index contributed by atoms with van der Waals surface area (Å²) in [5.74, 6) is -0.833. The Bertz CT molecular complexity index is 90.7. The first-order valence-electron chi connectivity index (χ1n) is 3.96. The minimum atomic E-state index is -0.833. The van der Waals surface area contributed by atoms with Gasteiger partial charge < -0.3 is 20.4 Å². The maximum absolute atomic E-state index is 9.00. The van der Waals surface area contributed by atoms with Gasteiger partial charge in [-0.1, -0.05) is 0 Å². The summed E-state index contributed by atoms with van der Waals surface area (Å²) in [6.07, 6.45) is -1.19. The normalized spacial score (nSPS) is 12.5. The van der Waals surface area contributed by atoms with E-state index in [4.69, 9.17) is 25.2 Å². The van der Waals surface area contributed by atoms with Crippen molar-refractivity contribution < 1.29 is 25.2 Å². The summed E-state index contributed by atoms with van der Waals surface area (Å²) < 4.78 is 0. The fourth-order valence-electron chi connectivity index (χ4n) is 0. The third-order valence-electron chi connectivity index (χ3n) is 0.698. The molecule has 5 nitrogen and oxygen atoms in total. The molecule has 2 unspecified atom stereocenters. The van der Waals surface area contributed by atoms with Gasteiger partial charge in [-0.05, 0) is 20.8 Å². The van der Waals surface area contributed by atoms with Gasteiger partial charge in [-0.3, -0.25) is 4.79 Å². The first kappa shape index (κ1) is 18.2. The third kappa shape index (κ3) is 88.4. The highest BCUT2D eigenvalue weighted by molar-refractivity contribution is 5.62. The van der Waals surface area contributed by atoms with Gasteiger partial charge in [0.1, 0.15) is 0 Å². The number of aliphatic carboxylic acids is 1. The van der Waals surface area contributed by atoms with Crippen LogP contribution in [0.5, 0.6) is 0 Å². The first-order valence-corrected chi connectivity index (χ1v) is 3.96. The zero-order chi connectivity index (χ0) is 11.4. The van der Waals surface area contributed by atoms with Crippen molar-refractivity contribution in [1.82, 2.24) is 0 Å². The van der Waals surface area contributed by atoms with Gasteiger partial charge >= 0.3 is 0 Å². The molecule has 0 fully saturated rings. The Morgan fingerprint density at radius 2 is 1.31 bits per heavy atom. The Balaban J connectivity index is -0.000000125. The lowest BCUT2D eigenvalue weighted by Crippen LogP contribution is -2.17. The van der Waals surface area contributed by atoms with Crippen molar-refractivity contribution >= 4 is 5.97 Å². The van der Waals surface area contributed by atoms with E-state index in [-0.39, 0.29) is 6.61 Å². The molecule has 0 heterocycles. The summed E-state index contributed by atoms with van der Waals surface area (Å²) in [7, 11) is 0. The quantitative estimate of drug-likeness (QED) is 0.467. The molecule has 13 heavy (non-hydrogen) atoms. The van der Waals surface area contributed by atoms with Gasteiger partial charge in [-0.25, -0.2) is 0 Å². The summed E-state index contributed by atoms with van der Waals surface area (Å²) in [5.41, 5.74) is 0. The zero-order valence-electron chi connectivity index (χ0n) is 8.56. The Morgan fingerprint density at radius 3 is 1.31 bits per heavy atom. The molecule has 0 aromatic carbocycles. The highest BCUT2D eigenvalue weighted by atomic mass is 16.4. The third-order valence-corrected chi connectivity index (χ3v) is 0.698. The fraction of sp³-hybridized carbons (Fsp3) is 0.875. The number of carboxylic acids is 1. The van der Waals surface area contributed by atoms with Crippen molar-refractivity contribution in [3.05, 3.63) is 0 Å². The molecule has 82 valence electrons. The molecule has 0 amide bonds. The molecule has 5 heteroatoms. The Morgan fingerprint density at radius 1 is 1.23 bits per heavy atom. The molecule has 0 bridgehead atoms. The zero-order valence-corrected chi connectivity index (χ0v) is 8.56. The lowest BCUT2D eigenvalue weighted by atomic mass is 10.3. The number of hydrogen-bond acceptors (Lipinski definition) is 4. The van der Waals surface area contributed by atoms with Crippen LogP contribution in [-0.4, -0.2) is 45.2 Å². The second-order valence-corrected chi connectivity index (χ2v) is 2.32. The predicted octanol–water partition coefficient (Wildman–Crippen LogP) is -0.163. The largest absolute Gasteiger partial charge is 0.481 e. The van der Waals surface area contributed by atoms with Crippen LogP contribution in [0.4, 0.5) is 0 Å². The second kappa shape index (κ2) is 13.9. The minimum absolute atomic E-state index is 0.250. The topological polar surface area (TPSA) is 98.0 Å². The minimum Gasteiger partial charge on any atom is -0.481 e. The molecule has 0 aliphatic carbocycles. The number of rotatable bonds is 1. The average molecular weight is 196 g/mol. The van der Waals surface area contributed by atoms with E-state index in [1.165, 1.54) is 0 Å². The van der Waals surface area contributed by atoms with Crippen LogP contribution in [0.15, 0.2) is 0 Å². The van der Waals surface area contributed by atoms with Crippen LogP contribution in [0.2, 0.25) is 0 Å². The molecule has 0 saturated heterocycles. The van der Waals surface area contributed by atoms with Gasteiger partial charge in [0, 0.05) is 13.5 Å². The van der Waals surface area contributed by atoms with E-state index in [0.29, 0.717) is 0 Å². The van der Waals surface area contributed by atoms with Gasteiger partial charge in [0.15, 0.2) is 0 Å². The summed E-state index contributed by atoms with van der Waals surface area (Å²) in [4.78, 5) is 9.00. The molecule has 0 rings (SSSR count). The van der Waals surface area contributed by atoms with E-state index in [2.05, 4.69) is 0 Å². The van der Waals surface area contributed by atoms with E-state index in [1.807, 2.05) is 0 Å². The van der Waals surface area contributed by atoms with E-state index >= 15 is 0 Å². The standard InChI is InChI=1S/C4H10O2.C2H4O2.C2H6O/c1-3(5)4(2)6;1-2(3)4;1-2-3/h3-6H,1-2H3;1H3,(H,3,4);3H,2H2,1H3. The fourth-order valence-corrected chi connectivity index (χ4v) is 0. The summed E-state index contributed by atoms with van der Waals surface area (Å²) in [6, 6.07) is 0. The van der Waals surface area contributed by atoms with Gasteiger partial charge in [0.2, 0.25) is 0 Å². The summed E-state index contributed by atoms with van der Waals surface area (Å²) in [6.45, 7) is 6.11. The van der Waals surface area contributed by atoms with Crippen LogP contribution in [0.1, 0.15) is 27.7 Å². The Hall–Kier alpha value is -0.650. The van der Waals surface area contributed by atoms with E-state index < -0.39 is 18.2 Å². The van der Waals surface area contributed by atoms with Crippen molar-refractivity contribution in [3.8, 4) is 0 Å². The van der Waals surface area contributed by atoms with Crippen molar-refractivity contribution in [2.45, 2.75) is 39.9 Å². The van der Waals surface area contributed by atoms with Gasteiger partial charge in [-0.2, -0.15) is 0 Å². The number of aliphatic hydroxyl groups excluding tert-OH is 3. The van der Waals surface area contributed by atoms with Crippen LogP contribution in [0.3, 0.4) is 0 Å². The predicted molar refractivity (Wildman–Crippen MR) is 49.4 cm³/mol. The van der Waals surface area contributed by atoms with Crippen molar-refractivity contribution in [2.24, 2.45) is 0 Å². The number of carboxylic acid groups (broad SMARTS) is 1. The molecule has 0 saturated carbocycles. The highest BCUT2D eigenvalue weighted by Crippen LogP contribution is 1.85. The van der Waals surface area contributed by atoms with E-state index in [0.717, 1.165) is 6.92 Å². The lowest BCUT2D eigenvalue weighted by molar-refractivity contribution is -0.134. The average Bonchev–Trinajstić information content (AvgIpc) is 1.87. The van der Waals surface area contributed by atoms with Gasteiger partial charge in [0.25, 0.3) is 5.97 Å². The molecular formula is C8H20O5. The molecule has 2 atom stereocenters. The number of hydrogen-bond donors (Lipinski definition) is 4. The van der Waals surface area contributed by atoms with E-state index in [1.54, 1.807) is 20.8 Å². The SMILES string of the molecule is CC(=O)O.CC(O)C(C)O.CCO.